The van der Waals surface area contributed by atoms with Crippen molar-refractivity contribution >= 4 is 50.3 Å². The largest absolute Gasteiger partial charge is 0.351 e. The zero-order chi connectivity index (χ0) is 17.4. The molecule has 1 fully saturated rings. The summed E-state index contributed by atoms with van der Waals surface area (Å²) in [6.07, 6.45) is 1.78. The zero-order valence-electron chi connectivity index (χ0n) is 12.9. The van der Waals surface area contributed by atoms with Gasteiger partial charge >= 0.3 is 0 Å². The molecule has 1 aliphatic heterocycles. The first-order chi connectivity index (χ1) is 12.1. The Balaban J connectivity index is 1.81. The van der Waals surface area contributed by atoms with Gasteiger partial charge in [-0.15, -0.1) is 11.3 Å². The Bertz CT molecular complexity index is 898. The van der Waals surface area contributed by atoms with E-state index in [9.17, 15) is 4.39 Å². The van der Waals surface area contributed by atoms with Crippen LogP contribution in [0.5, 0.6) is 0 Å². The lowest BCUT2D eigenvalue weighted by Gasteiger charge is -2.26. The third-order valence-corrected chi connectivity index (χ3v) is 6.16. The van der Waals surface area contributed by atoms with Crippen LogP contribution in [0.3, 0.4) is 0 Å². The molecule has 0 unspecified atom stereocenters. The lowest BCUT2D eigenvalue weighted by atomic mass is 10.0. The number of benzene rings is 1. The summed E-state index contributed by atoms with van der Waals surface area (Å²) >= 11 is 10.8. The molecule has 2 aromatic heterocycles. The molecule has 0 spiro atoms. The van der Waals surface area contributed by atoms with Crippen molar-refractivity contribution in [1.82, 2.24) is 10.3 Å². The Kier molecular flexibility index (Phi) is 4.54. The average Bonchev–Trinajstić information content (AvgIpc) is 3.20. The Hall–Kier alpha value is -1.83. The summed E-state index contributed by atoms with van der Waals surface area (Å²) in [7, 11) is 0. The summed E-state index contributed by atoms with van der Waals surface area (Å²) in [5.74, 6) is -0.265. The van der Waals surface area contributed by atoms with E-state index in [1.807, 2.05) is 23.1 Å². The van der Waals surface area contributed by atoms with Gasteiger partial charge in [0, 0.05) is 26.6 Å². The van der Waals surface area contributed by atoms with Crippen molar-refractivity contribution in [1.29, 1.82) is 0 Å². The second-order valence-corrected chi connectivity index (χ2v) is 7.89. The van der Waals surface area contributed by atoms with E-state index in [1.165, 1.54) is 12.1 Å². The molecular weight excluding hydrogens is 421 g/mol. The number of pyridine rings is 1. The van der Waals surface area contributed by atoms with E-state index < -0.39 is 0 Å². The van der Waals surface area contributed by atoms with Crippen molar-refractivity contribution < 1.29 is 4.39 Å². The van der Waals surface area contributed by atoms with Gasteiger partial charge in [0.15, 0.2) is 5.11 Å². The zero-order valence-corrected chi connectivity index (χ0v) is 16.1. The predicted molar refractivity (Wildman–Crippen MR) is 106 cm³/mol. The van der Waals surface area contributed by atoms with Gasteiger partial charge in [-0.3, -0.25) is 4.98 Å². The first-order valence-electron chi connectivity index (χ1n) is 7.63. The lowest BCUT2D eigenvalue weighted by molar-refractivity contribution is 0.574. The van der Waals surface area contributed by atoms with Gasteiger partial charge in [0.05, 0.1) is 17.8 Å². The van der Waals surface area contributed by atoms with Gasteiger partial charge in [0.25, 0.3) is 0 Å². The van der Waals surface area contributed by atoms with Crippen LogP contribution in [0.25, 0.3) is 0 Å². The highest BCUT2D eigenvalue weighted by Crippen LogP contribution is 2.43. The quantitative estimate of drug-likeness (QED) is 0.572. The highest BCUT2D eigenvalue weighted by atomic mass is 79.9. The monoisotopic (exact) mass is 433 g/mol. The number of thiophene rings is 1. The molecule has 0 aliphatic carbocycles. The number of rotatable bonds is 3. The topological polar surface area (TPSA) is 28.2 Å². The van der Waals surface area contributed by atoms with E-state index in [4.69, 9.17) is 12.2 Å². The minimum atomic E-state index is -0.265. The summed E-state index contributed by atoms with van der Waals surface area (Å²) < 4.78 is 14.4. The smallest absolute Gasteiger partial charge is 0.174 e. The fraction of sp³-hybridized carbons (Fsp3) is 0.111. The number of hydrogen-bond donors (Lipinski definition) is 1. The van der Waals surface area contributed by atoms with Crippen molar-refractivity contribution in [3.8, 4) is 0 Å². The highest BCUT2D eigenvalue weighted by Gasteiger charge is 2.41. The summed E-state index contributed by atoms with van der Waals surface area (Å²) in [5.41, 5.74) is 1.77. The van der Waals surface area contributed by atoms with Crippen LogP contribution in [0, 0.1) is 5.82 Å². The van der Waals surface area contributed by atoms with Crippen LogP contribution in [0.15, 0.2) is 64.6 Å². The van der Waals surface area contributed by atoms with Gasteiger partial charge < -0.3 is 10.2 Å². The van der Waals surface area contributed by atoms with Gasteiger partial charge in [-0.25, -0.2) is 4.39 Å². The number of aromatic nitrogens is 1. The standard InChI is InChI=1S/C18H13BrFN3S2/c19-11-9-15(25-10-11)17-16(14-3-1-2-8-21-14)22-18(24)23(17)13-6-4-12(20)5-7-13/h1-10,16-17H,(H,22,24)/t16-,17-/m0/s1. The number of nitrogens with one attached hydrogen (secondary N) is 1. The van der Waals surface area contributed by atoms with E-state index in [2.05, 4.69) is 37.7 Å². The molecule has 1 aliphatic rings. The second kappa shape index (κ2) is 6.82. The molecule has 25 heavy (non-hydrogen) atoms. The maximum atomic E-state index is 13.4. The van der Waals surface area contributed by atoms with Crippen molar-refractivity contribution in [3.63, 3.8) is 0 Å². The van der Waals surface area contributed by atoms with Gasteiger partial charge in [-0.1, -0.05) is 6.07 Å². The number of thiocarbonyl (C=S) groups is 1. The number of nitrogens with zero attached hydrogens (tertiary/aromatic N) is 2. The first-order valence-corrected chi connectivity index (χ1v) is 9.72. The molecular formula is C18H13BrFN3S2. The number of hydrogen-bond acceptors (Lipinski definition) is 3. The van der Waals surface area contributed by atoms with E-state index in [0.29, 0.717) is 5.11 Å². The Morgan fingerprint density at radius 1 is 1.20 bits per heavy atom. The molecule has 4 rings (SSSR count). The van der Waals surface area contributed by atoms with Crippen LogP contribution in [-0.2, 0) is 0 Å². The predicted octanol–water partition coefficient (Wildman–Crippen LogP) is 5.22. The van der Waals surface area contributed by atoms with Gasteiger partial charge in [-0.05, 0) is 70.6 Å². The molecule has 1 aromatic carbocycles. The van der Waals surface area contributed by atoms with Crippen LogP contribution in [-0.4, -0.2) is 10.1 Å². The SMILES string of the molecule is Fc1ccc(N2C(=S)N[C@@H](c3ccccn3)[C@@H]2c2cc(Br)cs2)cc1. The maximum absolute atomic E-state index is 13.4. The summed E-state index contributed by atoms with van der Waals surface area (Å²) in [4.78, 5) is 7.69. The molecule has 0 bridgehead atoms. The second-order valence-electron chi connectivity index (χ2n) is 5.64. The molecule has 1 N–H and O–H groups in total. The van der Waals surface area contributed by atoms with Crippen molar-refractivity contribution in [3.05, 3.63) is 81.0 Å². The van der Waals surface area contributed by atoms with Crippen LogP contribution in [0.1, 0.15) is 22.7 Å². The van der Waals surface area contributed by atoms with E-state index in [0.717, 1.165) is 20.7 Å². The van der Waals surface area contributed by atoms with Crippen LogP contribution >= 0.6 is 39.5 Å². The molecule has 0 radical (unpaired) electrons. The van der Waals surface area contributed by atoms with Crippen molar-refractivity contribution in [2.45, 2.75) is 12.1 Å². The molecule has 126 valence electrons. The van der Waals surface area contributed by atoms with Crippen LogP contribution < -0.4 is 10.2 Å². The molecule has 3 aromatic rings. The van der Waals surface area contributed by atoms with Crippen molar-refractivity contribution in [2.75, 3.05) is 4.90 Å². The molecule has 0 saturated carbocycles. The van der Waals surface area contributed by atoms with Crippen LogP contribution in [0.4, 0.5) is 10.1 Å². The number of halogens is 2. The normalized spacial score (nSPS) is 19.9. The lowest BCUT2D eigenvalue weighted by Crippen LogP contribution is -2.29. The minimum Gasteiger partial charge on any atom is -0.351 e. The maximum Gasteiger partial charge on any atom is 0.174 e. The minimum absolute atomic E-state index is 0.0517. The summed E-state index contributed by atoms with van der Waals surface area (Å²) in [5, 5.41) is 6.04. The fourth-order valence-corrected chi connectivity index (χ4v) is 4.92. The Morgan fingerprint density at radius 2 is 2.00 bits per heavy atom. The Morgan fingerprint density at radius 3 is 2.64 bits per heavy atom. The fourth-order valence-electron chi connectivity index (χ4n) is 3.01. The van der Waals surface area contributed by atoms with E-state index >= 15 is 0 Å². The highest BCUT2D eigenvalue weighted by molar-refractivity contribution is 9.10. The van der Waals surface area contributed by atoms with Gasteiger partial charge in [-0.2, -0.15) is 0 Å². The molecule has 0 amide bonds. The third kappa shape index (κ3) is 3.19. The third-order valence-electron chi connectivity index (χ3n) is 4.08. The molecule has 7 heteroatoms. The van der Waals surface area contributed by atoms with Gasteiger partial charge in [0.2, 0.25) is 0 Å². The summed E-state index contributed by atoms with van der Waals surface area (Å²) in [6.45, 7) is 0. The first kappa shape index (κ1) is 16.6. The summed E-state index contributed by atoms with van der Waals surface area (Å²) in [6, 6.07) is 14.2. The molecule has 1 saturated heterocycles. The molecule has 2 atom stereocenters. The average molecular weight is 434 g/mol. The molecule has 3 nitrogen and oxygen atoms in total. The van der Waals surface area contributed by atoms with Crippen LogP contribution in [0.2, 0.25) is 0 Å². The van der Waals surface area contributed by atoms with Crippen molar-refractivity contribution in [2.24, 2.45) is 0 Å². The number of anilines is 1. The molecule has 3 heterocycles. The van der Waals surface area contributed by atoms with Gasteiger partial charge in [0.1, 0.15) is 5.82 Å². The Labute approximate surface area is 162 Å². The van der Waals surface area contributed by atoms with E-state index in [-0.39, 0.29) is 17.9 Å². The van der Waals surface area contributed by atoms with E-state index in [1.54, 1.807) is 29.7 Å².